The summed E-state index contributed by atoms with van der Waals surface area (Å²) in [5.41, 5.74) is 2.13. The number of amides is 2. The summed E-state index contributed by atoms with van der Waals surface area (Å²) in [4.78, 5) is 27.6. The zero-order chi connectivity index (χ0) is 19.1. The monoisotopic (exact) mass is 390 g/mol. The Bertz CT molecular complexity index is 765. The Hall–Kier alpha value is -1.98. The van der Waals surface area contributed by atoms with Crippen LogP contribution in [0.15, 0.2) is 53.4 Å². The first-order chi connectivity index (χ1) is 12.4. The lowest BCUT2D eigenvalue weighted by atomic mass is 10.1. The second-order valence-electron chi connectivity index (χ2n) is 5.98. The second kappa shape index (κ2) is 9.64. The molecule has 2 amide bonds. The van der Waals surface area contributed by atoms with E-state index in [0.717, 1.165) is 16.0 Å². The van der Waals surface area contributed by atoms with E-state index in [1.165, 1.54) is 11.8 Å². The summed E-state index contributed by atoms with van der Waals surface area (Å²) in [6.45, 7) is 4.16. The molecule has 1 unspecified atom stereocenters. The number of carbonyl (C=O) groups is 2. The van der Waals surface area contributed by atoms with Crippen molar-refractivity contribution in [2.24, 2.45) is 0 Å². The largest absolute Gasteiger partial charge is 0.357 e. The number of carbonyl (C=O) groups excluding carboxylic acids is 2. The van der Waals surface area contributed by atoms with Gasteiger partial charge in [0, 0.05) is 23.5 Å². The Morgan fingerprint density at radius 2 is 1.81 bits per heavy atom. The van der Waals surface area contributed by atoms with Gasteiger partial charge in [0.15, 0.2) is 0 Å². The normalized spacial score (nSPS) is 11.7. The third-order valence-corrected chi connectivity index (χ3v) is 5.44. The van der Waals surface area contributed by atoms with E-state index in [-0.39, 0.29) is 17.6 Å². The van der Waals surface area contributed by atoms with Crippen LogP contribution < -0.4 is 5.32 Å². The molecule has 0 radical (unpaired) electrons. The minimum absolute atomic E-state index is 0.0793. The van der Waals surface area contributed by atoms with Gasteiger partial charge in [-0.25, -0.2) is 0 Å². The van der Waals surface area contributed by atoms with Crippen molar-refractivity contribution in [2.75, 3.05) is 12.8 Å². The molecule has 1 atom stereocenters. The summed E-state index contributed by atoms with van der Waals surface area (Å²) < 4.78 is 0. The minimum atomic E-state index is -0.544. The first kappa shape index (κ1) is 20.3. The van der Waals surface area contributed by atoms with Gasteiger partial charge in [-0.05, 0) is 49.2 Å². The van der Waals surface area contributed by atoms with Crippen LogP contribution in [0.2, 0.25) is 5.02 Å². The molecule has 138 valence electrons. The maximum Gasteiger partial charge on any atom is 0.242 e. The van der Waals surface area contributed by atoms with Crippen LogP contribution in [-0.2, 0) is 16.1 Å². The van der Waals surface area contributed by atoms with Crippen molar-refractivity contribution in [3.63, 3.8) is 0 Å². The van der Waals surface area contributed by atoms with E-state index >= 15 is 0 Å². The number of nitrogens with one attached hydrogen (secondary N) is 1. The third-order valence-electron chi connectivity index (χ3n) is 4.19. The molecule has 0 bridgehead atoms. The lowest BCUT2D eigenvalue weighted by Crippen LogP contribution is -2.47. The average Bonchev–Trinajstić information content (AvgIpc) is 2.65. The van der Waals surface area contributed by atoms with Crippen molar-refractivity contribution < 1.29 is 9.59 Å². The molecule has 0 heterocycles. The molecule has 0 aliphatic heterocycles. The maximum absolute atomic E-state index is 12.9. The van der Waals surface area contributed by atoms with Gasteiger partial charge < -0.3 is 10.2 Å². The first-order valence-corrected chi connectivity index (χ1v) is 9.72. The van der Waals surface area contributed by atoms with Crippen LogP contribution in [0, 0.1) is 6.92 Å². The van der Waals surface area contributed by atoms with Crippen molar-refractivity contribution >= 4 is 35.2 Å². The standard InChI is InChI=1S/C20H23ClN2O2S/c1-14-6-4-5-7-16(14)12-23(15(2)20(25)22-3)19(24)13-26-18-10-8-17(21)9-11-18/h4-11,15H,12-13H2,1-3H3,(H,22,25). The fourth-order valence-electron chi connectivity index (χ4n) is 2.52. The highest BCUT2D eigenvalue weighted by molar-refractivity contribution is 8.00. The van der Waals surface area contributed by atoms with E-state index in [2.05, 4.69) is 5.32 Å². The SMILES string of the molecule is CNC(=O)C(C)N(Cc1ccccc1C)C(=O)CSc1ccc(Cl)cc1. The van der Waals surface area contributed by atoms with Crippen LogP contribution in [-0.4, -0.2) is 35.6 Å². The van der Waals surface area contributed by atoms with Crippen LogP contribution in [0.5, 0.6) is 0 Å². The number of benzene rings is 2. The van der Waals surface area contributed by atoms with E-state index in [1.807, 2.05) is 43.3 Å². The topological polar surface area (TPSA) is 49.4 Å². The number of likely N-dealkylation sites (N-methyl/N-ethyl adjacent to an activating group) is 1. The molecular weight excluding hydrogens is 368 g/mol. The van der Waals surface area contributed by atoms with Gasteiger partial charge in [0.2, 0.25) is 11.8 Å². The highest BCUT2D eigenvalue weighted by Gasteiger charge is 2.25. The molecule has 0 aliphatic carbocycles. The summed E-state index contributed by atoms with van der Waals surface area (Å²) in [5.74, 6) is 0.00205. The zero-order valence-corrected chi connectivity index (χ0v) is 16.7. The quantitative estimate of drug-likeness (QED) is 0.729. The second-order valence-corrected chi connectivity index (χ2v) is 7.47. The van der Waals surface area contributed by atoms with Gasteiger partial charge in [0.1, 0.15) is 6.04 Å². The molecule has 6 heteroatoms. The molecular formula is C20H23ClN2O2S. The maximum atomic E-state index is 12.9. The Labute approximate surface area is 163 Å². The number of rotatable bonds is 7. The van der Waals surface area contributed by atoms with E-state index in [9.17, 15) is 9.59 Å². The zero-order valence-electron chi connectivity index (χ0n) is 15.2. The number of thioether (sulfide) groups is 1. The Morgan fingerprint density at radius 1 is 1.15 bits per heavy atom. The highest BCUT2D eigenvalue weighted by atomic mass is 35.5. The molecule has 2 aromatic carbocycles. The van der Waals surface area contributed by atoms with Crippen LogP contribution in [0.1, 0.15) is 18.1 Å². The predicted octanol–water partition coefficient (Wildman–Crippen LogP) is 3.90. The van der Waals surface area contributed by atoms with Crippen molar-refractivity contribution in [1.82, 2.24) is 10.2 Å². The summed E-state index contributed by atoms with van der Waals surface area (Å²) in [5, 5.41) is 3.29. The van der Waals surface area contributed by atoms with Gasteiger partial charge in [-0.15, -0.1) is 11.8 Å². The van der Waals surface area contributed by atoms with Gasteiger partial charge >= 0.3 is 0 Å². The first-order valence-electron chi connectivity index (χ1n) is 8.36. The third kappa shape index (κ3) is 5.51. The molecule has 2 aromatic rings. The predicted molar refractivity (Wildman–Crippen MR) is 107 cm³/mol. The molecule has 26 heavy (non-hydrogen) atoms. The van der Waals surface area contributed by atoms with Crippen LogP contribution >= 0.6 is 23.4 Å². The minimum Gasteiger partial charge on any atom is -0.357 e. The van der Waals surface area contributed by atoms with Gasteiger partial charge in [0.05, 0.1) is 5.75 Å². The molecule has 1 N–H and O–H groups in total. The summed E-state index contributed by atoms with van der Waals surface area (Å²) in [6.07, 6.45) is 0. The molecule has 0 aliphatic rings. The molecule has 0 spiro atoms. The van der Waals surface area contributed by atoms with Crippen molar-refractivity contribution in [2.45, 2.75) is 31.3 Å². The lowest BCUT2D eigenvalue weighted by Gasteiger charge is -2.29. The highest BCUT2D eigenvalue weighted by Crippen LogP contribution is 2.22. The smallest absolute Gasteiger partial charge is 0.242 e. The molecule has 0 aromatic heterocycles. The van der Waals surface area contributed by atoms with Crippen molar-refractivity contribution in [3.05, 3.63) is 64.7 Å². The Morgan fingerprint density at radius 3 is 2.42 bits per heavy atom. The van der Waals surface area contributed by atoms with E-state index in [0.29, 0.717) is 11.6 Å². The van der Waals surface area contributed by atoms with E-state index in [1.54, 1.807) is 31.0 Å². The molecule has 4 nitrogen and oxygen atoms in total. The summed E-state index contributed by atoms with van der Waals surface area (Å²) in [6, 6.07) is 14.7. The number of aryl methyl sites for hydroxylation is 1. The molecule has 0 saturated heterocycles. The van der Waals surface area contributed by atoms with Crippen LogP contribution in [0.25, 0.3) is 0 Å². The van der Waals surface area contributed by atoms with E-state index in [4.69, 9.17) is 11.6 Å². The summed E-state index contributed by atoms with van der Waals surface area (Å²) >= 11 is 7.33. The fraction of sp³-hybridized carbons (Fsp3) is 0.300. The van der Waals surface area contributed by atoms with Gasteiger partial charge in [0.25, 0.3) is 0 Å². The van der Waals surface area contributed by atoms with Crippen LogP contribution in [0.4, 0.5) is 0 Å². The Kier molecular flexibility index (Phi) is 7.54. The summed E-state index contributed by atoms with van der Waals surface area (Å²) in [7, 11) is 1.58. The molecule has 0 saturated carbocycles. The molecule has 2 rings (SSSR count). The average molecular weight is 391 g/mol. The van der Waals surface area contributed by atoms with Crippen molar-refractivity contribution in [3.8, 4) is 0 Å². The van der Waals surface area contributed by atoms with Crippen molar-refractivity contribution in [1.29, 1.82) is 0 Å². The van der Waals surface area contributed by atoms with Gasteiger partial charge in [-0.1, -0.05) is 35.9 Å². The van der Waals surface area contributed by atoms with E-state index < -0.39 is 6.04 Å². The van der Waals surface area contributed by atoms with Gasteiger partial charge in [-0.3, -0.25) is 9.59 Å². The molecule has 0 fully saturated rings. The number of hydrogen-bond acceptors (Lipinski definition) is 3. The van der Waals surface area contributed by atoms with Gasteiger partial charge in [-0.2, -0.15) is 0 Å². The number of nitrogens with zero attached hydrogens (tertiary/aromatic N) is 1. The number of halogens is 1. The lowest BCUT2D eigenvalue weighted by molar-refractivity contribution is -0.138. The van der Waals surface area contributed by atoms with Crippen LogP contribution in [0.3, 0.4) is 0 Å². The fourth-order valence-corrected chi connectivity index (χ4v) is 3.43. The Balaban J connectivity index is 2.13. The number of hydrogen-bond donors (Lipinski definition) is 1.